The van der Waals surface area contributed by atoms with Crippen LogP contribution in [0.25, 0.3) is 0 Å². The Balaban J connectivity index is 1.27. The van der Waals surface area contributed by atoms with E-state index in [0.717, 1.165) is 17.1 Å². The first-order valence-electron chi connectivity index (χ1n) is 10.7. The maximum atomic E-state index is 12.9. The van der Waals surface area contributed by atoms with Gasteiger partial charge in [-0.1, -0.05) is 12.1 Å². The van der Waals surface area contributed by atoms with E-state index in [1.165, 1.54) is 0 Å². The standard InChI is InChI=1S/C24H28N2O6/c1-29-18-8-9-19(30-2)17(15-18)7-10-23(27)25-11-13-26(14-12-25)24(28)22-16-31-20-5-3-4-6-21(20)32-22/h3-6,8-9,15,22H,7,10-14,16H2,1-2H3/t22-/m0/s1. The Morgan fingerprint density at radius 2 is 1.69 bits per heavy atom. The van der Waals surface area contributed by atoms with E-state index < -0.39 is 6.10 Å². The van der Waals surface area contributed by atoms with Gasteiger partial charge in [-0.25, -0.2) is 0 Å². The molecule has 2 aromatic rings. The zero-order valence-corrected chi connectivity index (χ0v) is 18.4. The molecule has 0 bridgehead atoms. The van der Waals surface area contributed by atoms with Crippen LogP contribution in [0.15, 0.2) is 42.5 Å². The normalized spacial score (nSPS) is 17.6. The molecule has 0 aromatic heterocycles. The fourth-order valence-corrected chi connectivity index (χ4v) is 4.00. The molecule has 2 amide bonds. The summed E-state index contributed by atoms with van der Waals surface area (Å²) in [6.45, 7) is 2.16. The molecule has 4 rings (SSSR count). The van der Waals surface area contributed by atoms with Crippen molar-refractivity contribution < 1.29 is 28.5 Å². The number of nitrogens with zero attached hydrogens (tertiary/aromatic N) is 2. The molecular formula is C24H28N2O6. The fourth-order valence-electron chi connectivity index (χ4n) is 4.00. The number of carbonyl (C=O) groups excluding carboxylic acids is 2. The van der Waals surface area contributed by atoms with Crippen LogP contribution in [0.3, 0.4) is 0 Å². The smallest absolute Gasteiger partial charge is 0.267 e. The molecular weight excluding hydrogens is 412 g/mol. The average molecular weight is 440 g/mol. The number of benzene rings is 2. The molecule has 1 saturated heterocycles. The molecule has 170 valence electrons. The van der Waals surface area contributed by atoms with Crippen molar-refractivity contribution in [3.8, 4) is 23.0 Å². The second kappa shape index (κ2) is 9.80. The summed E-state index contributed by atoms with van der Waals surface area (Å²) in [6, 6.07) is 12.9. The summed E-state index contributed by atoms with van der Waals surface area (Å²) in [7, 11) is 3.23. The van der Waals surface area contributed by atoms with Gasteiger partial charge in [0.1, 0.15) is 18.1 Å². The van der Waals surface area contributed by atoms with Crippen molar-refractivity contribution in [3.63, 3.8) is 0 Å². The maximum absolute atomic E-state index is 12.9. The number of piperazine rings is 1. The zero-order chi connectivity index (χ0) is 22.5. The van der Waals surface area contributed by atoms with Crippen molar-refractivity contribution in [2.75, 3.05) is 47.0 Å². The summed E-state index contributed by atoms with van der Waals surface area (Å²) in [5, 5.41) is 0. The number of para-hydroxylation sites is 2. The van der Waals surface area contributed by atoms with Crippen LogP contribution in [0.1, 0.15) is 12.0 Å². The van der Waals surface area contributed by atoms with E-state index in [1.54, 1.807) is 25.2 Å². The van der Waals surface area contributed by atoms with Crippen molar-refractivity contribution in [2.24, 2.45) is 0 Å². The van der Waals surface area contributed by atoms with Crippen LogP contribution in [0.5, 0.6) is 23.0 Å². The summed E-state index contributed by atoms with van der Waals surface area (Å²) in [5.41, 5.74) is 0.934. The molecule has 0 aliphatic carbocycles. The molecule has 0 N–H and O–H groups in total. The maximum Gasteiger partial charge on any atom is 0.267 e. The summed E-state index contributed by atoms with van der Waals surface area (Å²) in [6.07, 6.45) is 0.270. The topological polar surface area (TPSA) is 77.5 Å². The third-order valence-electron chi connectivity index (χ3n) is 5.82. The van der Waals surface area contributed by atoms with Crippen LogP contribution in [0.2, 0.25) is 0 Å². The van der Waals surface area contributed by atoms with Crippen LogP contribution in [0.4, 0.5) is 0 Å². The summed E-state index contributed by atoms with van der Waals surface area (Å²) in [5.74, 6) is 2.67. The molecule has 0 saturated carbocycles. The lowest BCUT2D eigenvalue weighted by Crippen LogP contribution is -2.55. The molecule has 0 radical (unpaired) electrons. The minimum Gasteiger partial charge on any atom is -0.497 e. The monoisotopic (exact) mass is 440 g/mol. The molecule has 2 heterocycles. The lowest BCUT2D eigenvalue weighted by atomic mass is 10.1. The minimum atomic E-state index is -0.660. The van der Waals surface area contributed by atoms with Crippen molar-refractivity contribution in [3.05, 3.63) is 48.0 Å². The van der Waals surface area contributed by atoms with Crippen molar-refractivity contribution in [2.45, 2.75) is 18.9 Å². The number of carbonyl (C=O) groups is 2. The van der Waals surface area contributed by atoms with E-state index in [-0.39, 0.29) is 18.4 Å². The number of amides is 2. The van der Waals surface area contributed by atoms with Crippen LogP contribution >= 0.6 is 0 Å². The van der Waals surface area contributed by atoms with Crippen LogP contribution in [-0.2, 0) is 16.0 Å². The van der Waals surface area contributed by atoms with Gasteiger partial charge in [-0.15, -0.1) is 0 Å². The van der Waals surface area contributed by atoms with Gasteiger partial charge in [-0.2, -0.15) is 0 Å². The van der Waals surface area contributed by atoms with Gasteiger partial charge in [0.05, 0.1) is 14.2 Å². The van der Waals surface area contributed by atoms with Gasteiger partial charge in [0, 0.05) is 32.6 Å². The Morgan fingerprint density at radius 1 is 0.969 bits per heavy atom. The van der Waals surface area contributed by atoms with E-state index in [0.29, 0.717) is 50.5 Å². The summed E-state index contributed by atoms with van der Waals surface area (Å²) < 4.78 is 22.2. The third kappa shape index (κ3) is 4.74. The first kappa shape index (κ1) is 21.8. The van der Waals surface area contributed by atoms with Crippen molar-refractivity contribution >= 4 is 11.8 Å². The SMILES string of the molecule is COc1ccc(OC)c(CCC(=O)N2CCN(C(=O)[C@@H]3COc4ccccc4O3)CC2)c1. The average Bonchev–Trinajstić information content (AvgIpc) is 2.86. The first-order chi connectivity index (χ1) is 15.6. The van der Waals surface area contributed by atoms with E-state index >= 15 is 0 Å². The fraction of sp³-hybridized carbons (Fsp3) is 0.417. The summed E-state index contributed by atoms with van der Waals surface area (Å²) >= 11 is 0. The lowest BCUT2D eigenvalue weighted by molar-refractivity contribution is -0.146. The van der Waals surface area contributed by atoms with Gasteiger partial charge in [0.2, 0.25) is 12.0 Å². The minimum absolute atomic E-state index is 0.0631. The van der Waals surface area contributed by atoms with Gasteiger partial charge < -0.3 is 28.7 Å². The molecule has 0 spiro atoms. The number of fused-ring (bicyclic) bond motifs is 1. The van der Waals surface area contributed by atoms with Gasteiger partial charge in [-0.05, 0) is 42.3 Å². The van der Waals surface area contributed by atoms with Gasteiger partial charge in [0.25, 0.3) is 5.91 Å². The zero-order valence-electron chi connectivity index (χ0n) is 18.4. The molecule has 1 atom stereocenters. The number of hydrogen-bond donors (Lipinski definition) is 0. The Bertz CT molecular complexity index is 971. The van der Waals surface area contributed by atoms with E-state index in [9.17, 15) is 9.59 Å². The number of aryl methyl sites for hydroxylation is 1. The second-order valence-corrected chi connectivity index (χ2v) is 7.75. The Kier molecular flexibility index (Phi) is 6.68. The largest absolute Gasteiger partial charge is 0.497 e. The highest BCUT2D eigenvalue weighted by Gasteiger charge is 2.33. The van der Waals surface area contributed by atoms with Crippen LogP contribution < -0.4 is 18.9 Å². The predicted octanol–water partition coefficient (Wildman–Crippen LogP) is 2.15. The van der Waals surface area contributed by atoms with Gasteiger partial charge in [0.15, 0.2) is 11.5 Å². The molecule has 2 aromatic carbocycles. The molecule has 32 heavy (non-hydrogen) atoms. The predicted molar refractivity (Wildman–Crippen MR) is 117 cm³/mol. The van der Waals surface area contributed by atoms with E-state index in [4.69, 9.17) is 18.9 Å². The lowest BCUT2D eigenvalue weighted by Gasteiger charge is -2.37. The molecule has 2 aliphatic heterocycles. The van der Waals surface area contributed by atoms with E-state index in [1.807, 2.05) is 41.3 Å². The van der Waals surface area contributed by atoms with Crippen LogP contribution in [-0.4, -0.2) is 74.7 Å². The van der Waals surface area contributed by atoms with Crippen LogP contribution in [0, 0.1) is 0 Å². The highest BCUT2D eigenvalue weighted by molar-refractivity contribution is 5.82. The highest BCUT2D eigenvalue weighted by atomic mass is 16.6. The Morgan fingerprint density at radius 3 is 2.41 bits per heavy atom. The number of rotatable bonds is 6. The quantitative estimate of drug-likeness (QED) is 0.685. The number of hydrogen-bond acceptors (Lipinski definition) is 6. The van der Waals surface area contributed by atoms with E-state index in [2.05, 4.69) is 0 Å². The molecule has 1 fully saturated rings. The van der Waals surface area contributed by atoms with Crippen molar-refractivity contribution in [1.82, 2.24) is 9.80 Å². The second-order valence-electron chi connectivity index (χ2n) is 7.75. The van der Waals surface area contributed by atoms with Gasteiger partial charge >= 0.3 is 0 Å². The molecule has 8 heteroatoms. The van der Waals surface area contributed by atoms with Crippen molar-refractivity contribution in [1.29, 1.82) is 0 Å². The number of ether oxygens (including phenoxy) is 4. The first-order valence-corrected chi connectivity index (χ1v) is 10.7. The Hall–Kier alpha value is -3.42. The molecule has 2 aliphatic rings. The molecule has 0 unspecified atom stereocenters. The molecule has 8 nitrogen and oxygen atoms in total. The third-order valence-corrected chi connectivity index (χ3v) is 5.82. The van der Waals surface area contributed by atoms with Gasteiger partial charge in [-0.3, -0.25) is 9.59 Å². The number of methoxy groups -OCH3 is 2. The summed E-state index contributed by atoms with van der Waals surface area (Å²) in [4.78, 5) is 29.2. The highest BCUT2D eigenvalue weighted by Crippen LogP contribution is 2.31. The Labute approximate surface area is 187 Å².